The van der Waals surface area contributed by atoms with E-state index in [0.29, 0.717) is 23.3 Å². The number of fused-ring (bicyclic) bond motifs is 6. The summed E-state index contributed by atoms with van der Waals surface area (Å²) < 4.78 is 0. The van der Waals surface area contributed by atoms with E-state index >= 15 is 0 Å². The summed E-state index contributed by atoms with van der Waals surface area (Å²) in [7, 11) is 0. The molecule has 0 bridgehead atoms. The van der Waals surface area contributed by atoms with Crippen LogP contribution in [0.3, 0.4) is 0 Å². The Hall–Kier alpha value is -8.15. The SMILES string of the molecule is CC1(C)c2ccccc2-c2ccc(-c3nc(-c4ccc(-c5cccc(-c6cc(-c7ccccc7)nc(-c7ccccc7)n6)c5)cc4)nc(-c4ccc5c(c4)Cc4ccccc4-5)n3)cc21. The molecule has 0 spiro atoms. The molecule has 0 aliphatic heterocycles. The molecular weight excluding hydrogens is 779 g/mol. The van der Waals surface area contributed by atoms with Crippen LogP contribution in [0.15, 0.2) is 200 Å². The van der Waals surface area contributed by atoms with Gasteiger partial charge in [-0.15, -0.1) is 0 Å². The molecule has 2 heterocycles. The van der Waals surface area contributed by atoms with E-state index in [1.54, 1.807) is 0 Å². The van der Waals surface area contributed by atoms with Crippen molar-refractivity contribution in [1.29, 1.82) is 0 Å². The van der Waals surface area contributed by atoms with Crippen LogP contribution in [0.4, 0.5) is 0 Å². The predicted molar refractivity (Wildman–Crippen MR) is 259 cm³/mol. The van der Waals surface area contributed by atoms with Crippen molar-refractivity contribution in [3.63, 3.8) is 0 Å². The number of aromatic nitrogens is 5. The summed E-state index contributed by atoms with van der Waals surface area (Å²) in [6.07, 6.45) is 0.896. The summed E-state index contributed by atoms with van der Waals surface area (Å²) in [5, 5.41) is 0. The van der Waals surface area contributed by atoms with Crippen molar-refractivity contribution in [2.24, 2.45) is 0 Å². The molecular formula is C59H41N5. The maximum atomic E-state index is 5.22. The van der Waals surface area contributed by atoms with Gasteiger partial charge in [-0.2, -0.15) is 0 Å². The average Bonchev–Trinajstić information content (AvgIpc) is 3.85. The van der Waals surface area contributed by atoms with Crippen molar-refractivity contribution in [1.82, 2.24) is 24.9 Å². The Bertz CT molecular complexity index is 3370. The maximum absolute atomic E-state index is 5.22. The summed E-state index contributed by atoms with van der Waals surface area (Å²) in [5.74, 6) is 2.65. The second-order valence-electron chi connectivity index (χ2n) is 17.3. The lowest BCUT2D eigenvalue weighted by Gasteiger charge is -2.21. The van der Waals surface area contributed by atoms with Crippen molar-refractivity contribution < 1.29 is 0 Å². The van der Waals surface area contributed by atoms with Crippen molar-refractivity contribution in [3.8, 4) is 101 Å². The monoisotopic (exact) mass is 819 g/mol. The normalized spacial score (nSPS) is 12.9. The van der Waals surface area contributed by atoms with E-state index in [0.717, 1.165) is 62.3 Å². The predicted octanol–water partition coefficient (Wildman–Crippen LogP) is 14.2. The Morgan fingerprint density at radius 1 is 0.297 bits per heavy atom. The fourth-order valence-electron chi connectivity index (χ4n) is 9.63. The molecule has 0 unspecified atom stereocenters. The molecule has 0 saturated carbocycles. The summed E-state index contributed by atoms with van der Waals surface area (Å²) >= 11 is 0. The summed E-state index contributed by atoms with van der Waals surface area (Å²) in [5.41, 5.74) is 20.1. The highest BCUT2D eigenvalue weighted by Gasteiger charge is 2.35. The van der Waals surface area contributed by atoms with E-state index < -0.39 is 0 Å². The first-order valence-corrected chi connectivity index (χ1v) is 21.9. The van der Waals surface area contributed by atoms with Crippen LogP contribution >= 0.6 is 0 Å². The molecule has 0 fully saturated rings. The van der Waals surface area contributed by atoms with Gasteiger partial charge in [0, 0.05) is 38.8 Å². The third-order valence-electron chi connectivity index (χ3n) is 13.0. The van der Waals surface area contributed by atoms with Gasteiger partial charge in [0.15, 0.2) is 23.3 Å². The van der Waals surface area contributed by atoms with Gasteiger partial charge in [0.1, 0.15) is 0 Å². The van der Waals surface area contributed by atoms with E-state index in [1.165, 1.54) is 44.5 Å². The Balaban J connectivity index is 0.926. The molecule has 0 N–H and O–H groups in total. The molecule has 5 heteroatoms. The van der Waals surface area contributed by atoms with Crippen LogP contribution in [-0.4, -0.2) is 24.9 Å². The lowest BCUT2D eigenvalue weighted by molar-refractivity contribution is 0.660. The number of rotatable bonds is 7. The molecule has 2 aliphatic rings. The van der Waals surface area contributed by atoms with Gasteiger partial charge in [0.05, 0.1) is 11.4 Å². The second-order valence-corrected chi connectivity index (χ2v) is 17.3. The molecule has 10 aromatic rings. The largest absolute Gasteiger partial charge is 0.228 e. The standard InChI is InChI=1S/C59H41N5/c1-59(2)51-23-12-11-22-49(51)50-31-29-45(35-52(50)59)58-63-56(62-57(64-58)44-28-30-48-46(34-44)33-42-18-9-10-21-47(42)48)40-26-24-37(25-27-40)41-19-13-20-43(32-41)54-36-53(38-14-5-3-6-15-38)60-55(61-54)39-16-7-4-8-17-39/h3-32,34-36H,33H2,1-2H3. The zero-order chi connectivity index (χ0) is 42.8. The van der Waals surface area contributed by atoms with E-state index in [1.807, 2.05) is 36.4 Å². The smallest absolute Gasteiger partial charge is 0.164 e. The van der Waals surface area contributed by atoms with Crippen LogP contribution in [-0.2, 0) is 11.8 Å². The maximum Gasteiger partial charge on any atom is 0.164 e. The number of hydrogen-bond donors (Lipinski definition) is 0. The first kappa shape index (κ1) is 37.6. The number of benzene rings is 8. The van der Waals surface area contributed by atoms with Gasteiger partial charge >= 0.3 is 0 Å². The third-order valence-corrected chi connectivity index (χ3v) is 13.0. The van der Waals surface area contributed by atoms with Crippen molar-refractivity contribution >= 4 is 0 Å². The van der Waals surface area contributed by atoms with Gasteiger partial charge in [-0.05, 0) is 86.3 Å². The van der Waals surface area contributed by atoms with E-state index in [4.69, 9.17) is 24.9 Å². The Kier molecular flexibility index (Phi) is 8.83. The van der Waals surface area contributed by atoms with Gasteiger partial charge in [0.2, 0.25) is 0 Å². The molecule has 0 atom stereocenters. The first-order valence-electron chi connectivity index (χ1n) is 21.9. The summed E-state index contributed by atoms with van der Waals surface area (Å²) in [4.78, 5) is 25.7. The third kappa shape index (κ3) is 6.52. The molecule has 2 aliphatic carbocycles. The van der Waals surface area contributed by atoms with Gasteiger partial charge in [-0.3, -0.25) is 0 Å². The van der Waals surface area contributed by atoms with Crippen LogP contribution in [0.5, 0.6) is 0 Å². The summed E-state index contributed by atoms with van der Waals surface area (Å²) in [6, 6.07) is 70.4. The van der Waals surface area contributed by atoms with Gasteiger partial charge in [-0.25, -0.2) is 24.9 Å². The van der Waals surface area contributed by atoms with Gasteiger partial charge < -0.3 is 0 Å². The molecule has 302 valence electrons. The first-order chi connectivity index (χ1) is 31.4. The molecule has 2 aromatic heterocycles. The average molecular weight is 820 g/mol. The zero-order valence-electron chi connectivity index (χ0n) is 35.5. The Morgan fingerprint density at radius 2 is 0.781 bits per heavy atom. The van der Waals surface area contributed by atoms with Crippen LogP contribution in [0.1, 0.15) is 36.1 Å². The Morgan fingerprint density at radius 3 is 1.53 bits per heavy atom. The molecule has 0 amide bonds. The minimum absolute atomic E-state index is 0.148. The highest BCUT2D eigenvalue weighted by molar-refractivity contribution is 5.84. The van der Waals surface area contributed by atoms with Crippen molar-refractivity contribution in [2.45, 2.75) is 25.7 Å². The van der Waals surface area contributed by atoms with Crippen LogP contribution in [0.2, 0.25) is 0 Å². The zero-order valence-corrected chi connectivity index (χ0v) is 35.5. The molecule has 64 heavy (non-hydrogen) atoms. The van der Waals surface area contributed by atoms with Crippen LogP contribution in [0, 0.1) is 0 Å². The molecule has 0 saturated heterocycles. The van der Waals surface area contributed by atoms with Crippen LogP contribution < -0.4 is 0 Å². The van der Waals surface area contributed by atoms with Crippen LogP contribution in [0.25, 0.3) is 101 Å². The lowest BCUT2D eigenvalue weighted by Crippen LogP contribution is -2.15. The van der Waals surface area contributed by atoms with E-state index in [-0.39, 0.29) is 5.41 Å². The molecule has 0 radical (unpaired) electrons. The molecule has 8 aromatic carbocycles. The fourth-order valence-corrected chi connectivity index (χ4v) is 9.63. The van der Waals surface area contributed by atoms with Gasteiger partial charge in [0.25, 0.3) is 0 Å². The minimum Gasteiger partial charge on any atom is -0.228 e. The topological polar surface area (TPSA) is 64.5 Å². The minimum atomic E-state index is -0.148. The van der Waals surface area contributed by atoms with E-state index in [9.17, 15) is 0 Å². The summed E-state index contributed by atoms with van der Waals surface area (Å²) in [6.45, 7) is 4.62. The highest BCUT2D eigenvalue weighted by Crippen LogP contribution is 2.49. The lowest BCUT2D eigenvalue weighted by atomic mass is 9.82. The molecule has 5 nitrogen and oxygen atoms in total. The quantitative estimate of drug-likeness (QED) is 0.160. The number of hydrogen-bond acceptors (Lipinski definition) is 5. The Labute approximate surface area is 372 Å². The fraction of sp³-hybridized carbons (Fsp3) is 0.0678. The van der Waals surface area contributed by atoms with Crippen molar-refractivity contribution in [2.75, 3.05) is 0 Å². The number of nitrogens with zero attached hydrogens (tertiary/aromatic N) is 5. The van der Waals surface area contributed by atoms with E-state index in [2.05, 4.69) is 178 Å². The second kappa shape index (κ2) is 15.0. The highest BCUT2D eigenvalue weighted by atomic mass is 15.0. The van der Waals surface area contributed by atoms with Crippen molar-refractivity contribution in [3.05, 3.63) is 222 Å². The van der Waals surface area contributed by atoms with Gasteiger partial charge in [-0.1, -0.05) is 190 Å². The molecule has 12 rings (SSSR count).